The normalized spacial score (nSPS) is 13.3. The quantitative estimate of drug-likeness (QED) is 0.858. The predicted octanol–water partition coefficient (Wildman–Crippen LogP) is 2.37. The van der Waals surface area contributed by atoms with Crippen LogP contribution in [0.3, 0.4) is 0 Å². The first kappa shape index (κ1) is 15.8. The maximum Gasteiger partial charge on any atom is 0.241 e. The highest BCUT2D eigenvalue weighted by molar-refractivity contribution is 7.89. The first-order valence-corrected chi connectivity index (χ1v) is 8.24. The molecule has 0 saturated heterocycles. The zero-order valence-corrected chi connectivity index (χ0v) is 12.9. The Balaban J connectivity index is 2.27. The van der Waals surface area contributed by atoms with E-state index in [4.69, 9.17) is 4.42 Å². The summed E-state index contributed by atoms with van der Waals surface area (Å²) < 4.78 is 32.5. The second-order valence-electron chi connectivity index (χ2n) is 4.80. The molecule has 0 aliphatic rings. The minimum atomic E-state index is -3.66. The van der Waals surface area contributed by atoms with Crippen molar-refractivity contribution in [2.24, 2.45) is 0 Å². The predicted molar refractivity (Wildman–Crippen MR) is 79.2 cm³/mol. The lowest BCUT2D eigenvalue weighted by Gasteiger charge is -2.14. The van der Waals surface area contributed by atoms with E-state index in [0.29, 0.717) is 11.3 Å². The minimum Gasteiger partial charge on any atom is -0.468 e. The van der Waals surface area contributed by atoms with Gasteiger partial charge in [0.05, 0.1) is 23.8 Å². The van der Waals surface area contributed by atoms with Crippen molar-refractivity contribution in [2.75, 3.05) is 0 Å². The fraction of sp³-hybridized carbons (Fsp3) is 0.333. The average Bonchev–Trinajstić information content (AvgIpc) is 3.00. The summed E-state index contributed by atoms with van der Waals surface area (Å²) in [5.41, 5.74) is 1.57. The first-order chi connectivity index (χ1) is 9.97. The highest BCUT2D eigenvalue weighted by Crippen LogP contribution is 2.20. The lowest BCUT2D eigenvalue weighted by molar-refractivity contribution is 0.280. The van der Waals surface area contributed by atoms with Crippen LogP contribution in [0.5, 0.6) is 0 Å². The Morgan fingerprint density at radius 3 is 2.62 bits per heavy atom. The van der Waals surface area contributed by atoms with Gasteiger partial charge in [0.2, 0.25) is 10.0 Å². The number of aryl methyl sites for hydroxylation is 1. The van der Waals surface area contributed by atoms with Crippen LogP contribution in [0.2, 0.25) is 0 Å². The fourth-order valence-electron chi connectivity index (χ4n) is 2.16. The smallest absolute Gasteiger partial charge is 0.241 e. The van der Waals surface area contributed by atoms with Crippen molar-refractivity contribution in [3.05, 3.63) is 53.5 Å². The van der Waals surface area contributed by atoms with Gasteiger partial charge in [0.25, 0.3) is 0 Å². The van der Waals surface area contributed by atoms with Crippen LogP contribution in [0.4, 0.5) is 0 Å². The number of benzene rings is 1. The molecule has 1 atom stereocenters. The molecule has 6 heteroatoms. The third kappa shape index (κ3) is 3.53. The molecule has 0 bridgehead atoms. The van der Waals surface area contributed by atoms with Gasteiger partial charge >= 0.3 is 0 Å². The topological polar surface area (TPSA) is 79.5 Å². The van der Waals surface area contributed by atoms with E-state index in [2.05, 4.69) is 4.72 Å². The Morgan fingerprint density at radius 1 is 1.29 bits per heavy atom. The number of nitrogens with one attached hydrogen (secondary N) is 1. The first-order valence-electron chi connectivity index (χ1n) is 6.76. The maximum atomic E-state index is 12.4. The van der Waals surface area contributed by atoms with Gasteiger partial charge in [0.1, 0.15) is 5.76 Å². The average molecular weight is 309 g/mol. The van der Waals surface area contributed by atoms with Gasteiger partial charge in [0.15, 0.2) is 0 Å². The number of rotatable bonds is 6. The van der Waals surface area contributed by atoms with Gasteiger partial charge in [-0.15, -0.1) is 0 Å². The van der Waals surface area contributed by atoms with E-state index >= 15 is 0 Å². The summed E-state index contributed by atoms with van der Waals surface area (Å²) in [7, 11) is -3.66. The fourth-order valence-corrected chi connectivity index (χ4v) is 3.42. The Kier molecular flexibility index (Phi) is 4.82. The van der Waals surface area contributed by atoms with Gasteiger partial charge in [-0.25, -0.2) is 13.1 Å². The molecular formula is C15H19NO4S. The van der Waals surface area contributed by atoms with Gasteiger partial charge in [-0.05, 0) is 48.7 Å². The third-order valence-corrected chi connectivity index (χ3v) is 4.88. The molecule has 2 rings (SSSR count). The monoisotopic (exact) mass is 309 g/mol. The number of aliphatic hydroxyl groups excluding tert-OH is 1. The molecule has 0 fully saturated rings. The van der Waals surface area contributed by atoms with E-state index < -0.39 is 16.1 Å². The zero-order chi connectivity index (χ0) is 15.5. The summed E-state index contributed by atoms with van der Waals surface area (Å²) in [6.45, 7) is 3.49. The molecule has 1 unspecified atom stereocenters. The second kappa shape index (κ2) is 6.43. The molecule has 2 aromatic rings. The summed E-state index contributed by atoms with van der Waals surface area (Å²) in [6.07, 6.45) is 2.24. The Morgan fingerprint density at radius 2 is 2.05 bits per heavy atom. The van der Waals surface area contributed by atoms with Gasteiger partial charge in [0, 0.05) is 0 Å². The summed E-state index contributed by atoms with van der Waals surface area (Å²) in [4.78, 5) is 0.141. The van der Waals surface area contributed by atoms with E-state index in [1.165, 1.54) is 12.3 Å². The minimum absolute atomic E-state index is 0.141. The Bertz CT molecular complexity index is 692. The lowest BCUT2D eigenvalue weighted by atomic mass is 10.1. The van der Waals surface area contributed by atoms with Crippen LogP contribution in [0.1, 0.15) is 36.8 Å². The summed E-state index contributed by atoms with van der Waals surface area (Å²) in [5.74, 6) is 0.547. The van der Waals surface area contributed by atoms with Crippen molar-refractivity contribution in [1.29, 1.82) is 0 Å². The van der Waals surface area contributed by atoms with Crippen LogP contribution in [0, 0.1) is 0 Å². The zero-order valence-electron chi connectivity index (χ0n) is 12.0. The van der Waals surface area contributed by atoms with Crippen LogP contribution in [0.25, 0.3) is 0 Å². The van der Waals surface area contributed by atoms with E-state index in [-0.39, 0.29) is 11.5 Å². The van der Waals surface area contributed by atoms with Gasteiger partial charge < -0.3 is 9.52 Å². The molecule has 1 aromatic heterocycles. The molecule has 0 spiro atoms. The molecule has 2 N–H and O–H groups in total. The van der Waals surface area contributed by atoms with E-state index in [9.17, 15) is 13.5 Å². The van der Waals surface area contributed by atoms with E-state index in [0.717, 1.165) is 12.0 Å². The molecule has 0 saturated carbocycles. The number of hydrogen-bond acceptors (Lipinski definition) is 4. The van der Waals surface area contributed by atoms with Crippen molar-refractivity contribution in [1.82, 2.24) is 4.72 Å². The Labute approximate surface area is 124 Å². The number of aliphatic hydroxyl groups is 1. The van der Waals surface area contributed by atoms with Crippen molar-refractivity contribution in [3.8, 4) is 0 Å². The standard InChI is InChI=1S/C15H19NO4S/c1-3-12-6-7-14(9-13(12)10-17)21(18,19)16-11(2)15-5-4-8-20-15/h4-9,11,16-17H,3,10H2,1-2H3. The second-order valence-corrected chi connectivity index (χ2v) is 6.51. The summed E-state index contributed by atoms with van der Waals surface area (Å²) in [5, 5.41) is 9.34. The van der Waals surface area contributed by atoms with Crippen LogP contribution < -0.4 is 4.72 Å². The molecular weight excluding hydrogens is 290 g/mol. The van der Waals surface area contributed by atoms with Gasteiger partial charge in [-0.2, -0.15) is 0 Å². The molecule has 21 heavy (non-hydrogen) atoms. The molecule has 0 aliphatic carbocycles. The molecule has 114 valence electrons. The summed E-state index contributed by atoms with van der Waals surface area (Å²) >= 11 is 0. The maximum absolute atomic E-state index is 12.4. The van der Waals surface area contributed by atoms with Crippen LogP contribution in [0.15, 0.2) is 45.9 Å². The molecule has 1 aromatic carbocycles. The molecule has 0 aliphatic heterocycles. The van der Waals surface area contributed by atoms with E-state index in [1.54, 1.807) is 31.2 Å². The third-order valence-electron chi connectivity index (χ3n) is 3.34. The summed E-state index contributed by atoms with van der Waals surface area (Å²) in [6, 6.07) is 7.75. The number of furan rings is 1. The highest BCUT2D eigenvalue weighted by Gasteiger charge is 2.20. The van der Waals surface area contributed by atoms with Gasteiger partial charge in [-0.1, -0.05) is 13.0 Å². The lowest BCUT2D eigenvalue weighted by Crippen LogP contribution is -2.26. The van der Waals surface area contributed by atoms with Crippen LogP contribution in [-0.2, 0) is 23.1 Å². The largest absolute Gasteiger partial charge is 0.468 e. The van der Waals surface area contributed by atoms with Crippen LogP contribution >= 0.6 is 0 Å². The van der Waals surface area contributed by atoms with Gasteiger partial charge in [-0.3, -0.25) is 0 Å². The molecule has 0 radical (unpaired) electrons. The molecule has 0 amide bonds. The SMILES string of the molecule is CCc1ccc(S(=O)(=O)NC(C)c2ccco2)cc1CO. The van der Waals surface area contributed by atoms with E-state index in [1.807, 2.05) is 6.92 Å². The number of sulfonamides is 1. The molecule has 1 heterocycles. The van der Waals surface area contributed by atoms with Crippen molar-refractivity contribution in [3.63, 3.8) is 0 Å². The Hall–Kier alpha value is -1.63. The van der Waals surface area contributed by atoms with Crippen molar-refractivity contribution >= 4 is 10.0 Å². The molecule has 5 nitrogen and oxygen atoms in total. The van der Waals surface area contributed by atoms with Crippen LogP contribution in [-0.4, -0.2) is 13.5 Å². The van der Waals surface area contributed by atoms with Crippen molar-refractivity contribution < 1.29 is 17.9 Å². The van der Waals surface area contributed by atoms with Crippen molar-refractivity contribution in [2.45, 2.75) is 37.8 Å². The number of hydrogen-bond donors (Lipinski definition) is 2. The highest BCUT2D eigenvalue weighted by atomic mass is 32.2.